The number of alkyl halides is 1. The number of fused-ring (bicyclic) bond motifs is 1. The van der Waals surface area contributed by atoms with Gasteiger partial charge in [-0.05, 0) is 17.7 Å². The number of ether oxygens (including phenoxy) is 2. The number of allylic oxidation sites excluding steroid dienone is 2. The fourth-order valence-corrected chi connectivity index (χ4v) is 3.76. The Morgan fingerprint density at radius 1 is 1.04 bits per heavy atom. The quantitative estimate of drug-likeness (QED) is 0.366. The van der Waals surface area contributed by atoms with Crippen molar-refractivity contribution in [3.05, 3.63) is 70.9 Å². The van der Waals surface area contributed by atoms with Gasteiger partial charge in [0.2, 0.25) is 0 Å². The summed E-state index contributed by atoms with van der Waals surface area (Å²) in [5, 5.41) is 19.5. The number of hydrogen-bond donors (Lipinski definition) is 1. The molecule has 1 unspecified atom stereocenters. The van der Waals surface area contributed by atoms with Gasteiger partial charge in [-0.25, -0.2) is 4.98 Å². The van der Waals surface area contributed by atoms with Gasteiger partial charge in [0.25, 0.3) is 0 Å². The van der Waals surface area contributed by atoms with E-state index in [0.717, 1.165) is 42.2 Å². The second-order valence-corrected chi connectivity index (χ2v) is 7.32. The van der Waals surface area contributed by atoms with Crippen LogP contribution in [0.15, 0.2) is 60.4 Å². The Bertz CT molecular complexity index is 933. The van der Waals surface area contributed by atoms with Crippen LogP contribution in [0.25, 0.3) is 15.8 Å². The summed E-state index contributed by atoms with van der Waals surface area (Å²) in [5.74, 6) is -0.172. The van der Waals surface area contributed by atoms with E-state index in [1.165, 1.54) is 11.3 Å². The lowest BCUT2D eigenvalue weighted by atomic mass is 10.1. The number of rotatable bonds is 3. The molecule has 2 heterocycles. The lowest BCUT2D eigenvalue weighted by Crippen LogP contribution is -2.16. The Labute approximate surface area is 172 Å². The average molecular weight is 415 g/mol. The predicted octanol–water partition coefficient (Wildman–Crippen LogP) is 5.10. The van der Waals surface area contributed by atoms with Gasteiger partial charge in [0.1, 0.15) is 27.8 Å². The molecular formula is C21H19ClN2O3S. The first-order valence-electron chi connectivity index (χ1n) is 8.74. The number of para-hydroxylation sites is 1. The van der Waals surface area contributed by atoms with Crippen molar-refractivity contribution in [2.75, 3.05) is 26.4 Å². The molecule has 0 saturated carbocycles. The van der Waals surface area contributed by atoms with Crippen molar-refractivity contribution in [1.82, 2.24) is 4.98 Å². The summed E-state index contributed by atoms with van der Waals surface area (Å²) in [6.45, 7) is 3.11. The van der Waals surface area contributed by atoms with E-state index in [1.807, 2.05) is 48.5 Å². The highest BCUT2D eigenvalue weighted by atomic mass is 35.5. The van der Waals surface area contributed by atoms with Crippen LogP contribution >= 0.6 is 22.9 Å². The van der Waals surface area contributed by atoms with Crippen LogP contribution in [0.3, 0.4) is 0 Å². The number of nitrogens with zero attached hydrogens (tertiary/aromatic N) is 2. The fraction of sp³-hybridized carbons (Fsp3) is 0.238. The molecule has 0 bridgehead atoms. The van der Waals surface area contributed by atoms with Gasteiger partial charge in [-0.15, -0.1) is 22.9 Å². The minimum Gasteiger partial charge on any atom is -0.509 e. The maximum Gasteiger partial charge on any atom is 0.138 e. The van der Waals surface area contributed by atoms with Crippen molar-refractivity contribution in [2.45, 2.75) is 5.38 Å². The molecule has 5 nitrogen and oxygen atoms in total. The monoisotopic (exact) mass is 414 g/mol. The van der Waals surface area contributed by atoms with Gasteiger partial charge in [0.15, 0.2) is 0 Å². The maximum atomic E-state index is 10.4. The molecule has 1 aliphatic rings. The van der Waals surface area contributed by atoms with Crippen molar-refractivity contribution >= 4 is 38.7 Å². The summed E-state index contributed by atoms with van der Waals surface area (Å²) < 4.78 is 10.9. The summed E-state index contributed by atoms with van der Waals surface area (Å²) in [7, 11) is 0. The number of aliphatic hydroxyl groups excluding tert-OH is 1. The Morgan fingerprint density at radius 3 is 2.21 bits per heavy atom. The van der Waals surface area contributed by atoms with Crippen LogP contribution < -0.4 is 0 Å². The van der Waals surface area contributed by atoms with Crippen LogP contribution in [0.1, 0.15) is 15.9 Å². The Morgan fingerprint density at radius 2 is 1.64 bits per heavy atom. The van der Waals surface area contributed by atoms with Gasteiger partial charge in [-0.3, -0.25) is 0 Å². The van der Waals surface area contributed by atoms with E-state index < -0.39 is 5.38 Å². The standard InChI is InChI=1S/C17H11ClN2OS.C4H8O2/c18-15(11-6-2-1-3-7-11)16(21)12(10-19)17-20-13-8-4-5-9-14(13)22-17;1-2-6-4-3-5-1/h1-9,15,21H;1-4H2/b16-12+;. The van der Waals surface area contributed by atoms with Gasteiger partial charge in [-0.1, -0.05) is 42.5 Å². The molecule has 144 valence electrons. The molecule has 0 radical (unpaired) electrons. The minimum absolute atomic E-state index is 0.116. The fourth-order valence-electron chi connectivity index (χ4n) is 2.54. The summed E-state index contributed by atoms with van der Waals surface area (Å²) >= 11 is 7.66. The van der Waals surface area contributed by atoms with Crippen LogP contribution in [0.4, 0.5) is 0 Å². The number of benzene rings is 2. The molecule has 0 spiro atoms. The zero-order valence-corrected chi connectivity index (χ0v) is 16.6. The summed E-state index contributed by atoms with van der Waals surface area (Å²) in [5.41, 5.74) is 1.65. The van der Waals surface area contributed by atoms with E-state index in [1.54, 1.807) is 12.1 Å². The van der Waals surface area contributed by atoms with E-state index in [2.05, 4.69) is 4.98 Å². The molecule has 0 aliphatic carbocycles. The van der Waals surface area contributed by atoms with Gasteiger partial charge < -0.3 is 14.6 Å². The third-order valence-corrected chi connectivity index (χ3v) is 5.46. The molecule has 0 amide bonds. The number of thiazole rings is 1. The molecule has 1 aliphatic heterocycles. The van der Waals surface area contributed by atoms with Crippen LogP contribution in [-0.2, 0) is 9.47 Å². The lowest BCUT2D eigenvalue weighted by Gasteiger charge is -2.10. The molecule has 4 rings (SSSR count). The molecule has 1 saturated heterocycles. The van der Waals surface area contributed by atoms with Crippen LogP contribution in [0.2, 0.25) is 0 Å². The highest BCUT2D eigenvalue weighted by Crippen LogP contribution is 2.34. The average Bonchev–Trinajstić information content (AvgIpc) is 3.19. The third kappa shape index (κ3) is 5.09. The minimum atomic E-state index is -0.775. The first-order valence-corrected chi connectivity index (χ1v) is 9.99. The van der Waals surface area contributed by atoms with Crippen molar-refractivity contribution in [3.8, 4) is 6.07 Å². The topological polar surface area (TPSA) is 75.4 Å². The van der Waals surface area contributed by atoms with Gasteiger partial charge in [0, 0.05) is 0 Å². The molecule has 1 atom stereocenters. The van der Waals surface area contributed by atoms with Gasteiger partial charge in [0.05, 0.1) is 36.6 Å². The molecule has 1 fully saturated rings. The number of aromatic nitrogens is 1. The number of halogens is 1. The molecule has 2 aromatic carbocycles. The van der Waals surface area contributed by atoms with E-state index in [-0.39, 0.29) is 11.3 Å². The van der Waals surface area contributed by atoms with E-state index in [9.17, 15) is 10.4 Å². The number of nitriles is 1. The zero-order chi connectivity index (χ0) is 19.8. The number of hydrogen-bond acceptors (Lipinski definition) is 6. The highest BCUT2D eigenvalue weighted by Gasteiger charge is 2.21. The van der Waals surface area contributed by atoms with E-state index in [0.29, 0.717) is 5.01 Å². The summed E-state index contributed by atoms with van der Waals surface area (Å²) in [6.07, 6.45) is 0. The SMILES string of the molecule is C1COCCO1.N#C/C(=C(\O)C(Cl)c1ccccc1)c1nc2ccccc2s1. The lowest BCUT2D eigenvalue weighted by molar-refractivity contribution is -0.0334. The van der Waals surface area contributed by atoms with Crippen molar-refractivity contribution in [2.24, 2.45) is 0 Å². The molecule has 1 N–H and O–H groups in total. The smallest absolute Gasteiger partial charge is 0.138 e. The predicted molar refractivity (Wildman–Crippen MR) is 111 cm³/mol. The zero-order valence-electron chi connectivity index (χ0n) is 15.0. The first-order chi connectivity index (χ1) is 13.7. The highest BCUT2D eigenvalue weighted by molar-refractivity contribution is 7.19. The molecular weight excluding hydrogens is 396 g/mol. The Hall–Kier alpha value is -2.43. The molecule has 7 heteroatoms. The van der Waals surface area contributed by atoms with E-state index in [4.69, 9.17) is 21.1 Å². The normalized spacial score (nSPS) is 15.7. The van der Waals surface area contributed by atoms with Crippen molar-refractivity contribution in [3.63, 3.8) is 0 Å². The van der Waals surface area contributed by atoms with E-state index >= 15 is 0 Å². The second-order valence-electron chi connectivity index (χ2n) is 5.86. The van der Waals surface area contributed by atoms with Crippen LogP contribution in [-0.4, -0.2) is 36.5 Å². The maximum absolute atomic E-state index is 10.4. The summed E-state index contributed by atoms with van der Waals surface area (Å²) in [4.78, 5) is 4.40. The molecule has 28 heavy (non-hydrogen) atoms. The molecule has 3 aromatic rings. The van der Waals surface area contributed by atoms with Crippen LogP contribution in [0.5, 0.6) is 0 Å². The first kappa shape index (κ1) is 20.3. The Kier molecular flexibility index (Phi) is 7.40. The largest absolute Gasteiger partial charge is 0.509 e. The van der Waals surface area contributed by atoms with Crippen molar-refractivity contribution in [1.29, 1.82) is 5.26 Å². The van der Waals surface area contributed by atoms with Crippen molar-refractivity contribution < 1.29 is 14.6 Å². The Balaban J connectivity index is 0.000000320. The second kappa shape index (κ2) is 10.2. The van der Waals surface area contributed by atoms with Gasteiger partial charge in [-0.2, -0.15) is 5.26 Å². The summed E-state index contributed by atoms with van der Waals surface area (Å²) in [6, 6.07) is 18.8. The van der Waals surface area contributed by atoms with Crippen LogP contribution in [0, 0.1) is 11.3 Å². The molecule has 1 aromatic heterocycles. The third-order valence-electron chi connectivity index (χ3n) is 3.95. The number of aliphatic hydroxyl groups is 1. The van der Waals surface area contributed by atoms with Gasteiger partial charge >= 0.3 is 0 Å².